The van der Waals surface area contributed by atoms with Crippen LogP contribution in [0, 0.1) is 0 Å². The molecule has 5 nitrogen and oxygen atoms in total. The molecule has 0 aromatic heterocycles. The molecule has 3 aliphatic rings. The molecule has 0 N–H and O–H groups in total. The first-order valence-electron chi connectivity index (χ1n) is 10.1. The van der Waals surface area contributed by atoms with Gasteiger partial charge in [-0.15, -0.1) is 0 Å². The lowest BCUT2D eigenvalue weighted by molar-refractivity contribution is -0.137. The zero-order chi connectivity index (χ0) is 17.9. The number of benzene rings is 1. The first kappa shape index (κ1) is 17.8. The molecule has 0 radical (unpaired) electrons. The van der Waals surface area contributed by atoms with Gasteiger partial charge < -0.3 is 14.4 Å². The highest BCUT2D eigenvalue weighted by molar-refractivity contribution is 5.78. The van der Waals surface area contributed by atoms with Crippen molar-refractivity contribution < 1.29 is 14.3 Å². The lowest BCUT2D eigenvalue weighted by atomic mass is 9.89. The molecule has 26 heavy (non-hydrogen) atoms. The summed E-state index contributed by atoms with van der Waals surface area (Å²) in [5.41, 5.74) is 1.19. The first-order chi connectivity index (χ1) is 12.7. The van der Waals surface area contributed by atoms with Crippen molar-refractivity contribution in [3.05, 3.63) is 29.8 Å². The average Bonchev–Trinajstić information content (AvgIpc) is 2.69. The minimum Gasteiger partial charge on any atom is -0.493 e. The number of fused-ring (bicyclic) bond motifs is 1. The molecule has 2 fully saturated rings. The van der Waals surface area contributed by atoms with Crippen LogP contribution in [0.5, 0.6) is 5.75 Å². The highest BCUT2D eigenvalue weighted by atomic mass is 16.5. The summed E-state index contributed by atoms with van der Waals surface area (Å²) in [7, 11) is 0. The van der Waals surface area contributed by atoms with Crippen LogP contribution in [-0.4, -0.2) is 67.2 Å². The largest absolute Gasteiger partial charge is 0.493 e. The number of ether oxygens (including phenoxy) is 2. The van der Waals surface area contributed by atoms with Crippen LogP contribution in [0.4, 0.5) is 0 Å². The number of carbonyl (C=O) groups is 1. The van der Waals surface area contributed by atoms with Gasteiger partial charge in [0.25, 0.3) is 0 Å². The number of rotatable bonds is 3. The molecule has 1 aromatic carbocycles. The number of hydrogen-bond acceptors (Lipinski definition) is 4. The third-order valence-corrected chi connectivity index (χ3v) is 6.19. The van der Waals surface area contributed by atoms with Crippen molar-refractivity contribution in [3.63, 3.8) is 0 Å². The molecule has 0 unspecified atom stereocenters. The van der Waals surface area contributed by atoms with Crippen LogP contribution in [-0.2, 0) is 9.53 Å². The van der Waals surface area contributed by atoms with E-state index in [4.69, 9.17) is 9.47 Å². The van der Waals surface area contributed by atoms with E-state index in [2.05, 4.69) is 22.8 Å². The maximum absolute atomic E-state index is 13.0. The van der Waals surface area contributed by atoms with Gasteiger partial charge in [0.05, 0.1) is 6.61 Å². The molecular formula is C21H30N2O3. The SMILES string of the molecule is C[C@@H]1CN(C2CCOCC2)CCN1C(=O)C[C@H]1CCOc2ccccc21. The van der Waals surface area contributed by atoms with Crippen molar-refractivity contribution in [2.24, 2.45) is 0 Å². The molecule has 0 aliphatic carbocycles. The van der Waals surface area contributed by atoms with Crippen LogP contribution >= 0.6 is 0 Å². The van der Waals surface area contributed by atoms with Crippen molar-refractivity contribution in [2.75, 3.05) is 39.5 Å². The number of hydrogen-bond donors (Lipinski definition) is 0. The van der Waals surface area contributed by atoms with Crippen LogP contribution in [0.15, 0.2) is 24.3 Å². The van der Waals surface area contributed by atoms with E-state index in [1.165, 1.54) is 5.56 Å². The van der Waals surface area contributed by atoms with E-state index < -0.39 is 0 Å². The quantitative estimate of drug-likeness (QED) is 0.833. The van der Waals surface area contributed by atoms with Gasteiger partial charge in [-0.2, -0.15) is 0 Å². The second-order valence-corrected chi connectivity index (χ2v) is 7.85. The van der Waals surface area contributed by atoms with Gasteiger partial charge in [-0.05, 0) is 43.7 Å². The van der Waals surface area contributed by atoms with Crippen LogP contribution in [0.2, 0.25) is 0 Å². The Morgan fingerprint density at radius 2 is 1.92 bits per heavy atom. The molecule has 3 aliphatic heterocycles. The Bertz CT molecular complexity index is 629. The van der Waals surface area contributed by atoms with E-state index in [0.29, 0.717) is 25.0 Å². The van der Waals surface area contributed by atoms with E-state index >= 15 is 0 Å². The normalized spacial score (nSPS) is 27.7. The van der Waals surface area contributed by atoms with Gasteiger partial charge in [0.1, 0.15) is 5.75 Å². The molecule has 1 aromatic rings. The summed E-state index contributed by atoms with van der Waals surface area (Å²) in [5.74, 6) is 1.54. The van der Waals surface area contributed by atoms with Crippen molar-refractivity contribution in [1.29, 1.82) is 0 Å². The minimum absolute atomic E-state index is 0.285. The molecular weight excluding hydrogens is 328 g/mol. The monoisotopic (exact) mass is 358 g/mol. The fourth-order valence-corrected chi connectivity index (χ4v) is 4.69. The summed E-state index contributed by atoms with van der Waals surface area (Å²) in [5, 5.41) is 0. The predicted molar refractivity (Wildman–Crippen MR) is 101 cm³/mol. The van der Waals surface area contributed by atoms with Crippen LogP contribution in [0.25, 0.3) is 0 Å². The van der Waals surface area contributed by atoms with Gasteiger partial charge in [0.2, 0.25) is 5.91 Å². The molecule has 5 heteroatoms. The van der Waals surface area contributed by atoms with E-state index in [1.807, 2.05) is 18.2 Å². The lowest BCUT2D eigenvalue weighted by Crippen LogP contribution is -2.57. The van der Waals surface area contributed by atoms with Gasteiger partial charge in [-0.25, -0.2) is 0 Å². The van der Waals surface area contributed by atoms with Gasteiger partial charge >= 0.3 is 0 Å². The summed E-state index contributed by atoms with van der Waals surface area (Å²) in [6.07, 6.45) is 3.78. The molecule has 2 saturated heterocycles. The number of para-hydroxylation sites is 1. The highest BCUT2D eigenvalue weighted by Crippen LogP contribution is 2.36. The Labute approximate surface area is 156 Å². The number of carbonyl (C=O) groups excluding carboxylic acids is 1. The zero-order valence-electron chi connectivity index (χ0n) is 15.7. The van der Waals surface area contributed by atoms with Crippen molar-refractivity contribution in [3.8, 4) is 5.75 Å². The van der Waals surface area contributed by atoms with E-state index in [1.54, 1.807) is 0 Å². The Morgan fingerprint density at radius 1 is 1.12 bits per heavy atom. The first-order valence-corrected chi connectivity index (χ1v) is 10.1. The molecule has 1 amide bonds. The number of nitrogens with zero attached hydrogens (tertiary/aromatic N) is 2. The van der Waals surface area contributed by atoms with Crippen LogP contribution < -0.4 is 4.74 Å². The van der Waals surface area contributed by atoms with Crippen molar-refractivity contribution in [1.82, 2.24) is 9.80 Å². The highest BCUT2D eigenvalue weighted by Gasteiger charge is 2.33. The fraction of sp³-hybridized carbons (Fsp3) is 0.667. The maximum Gasteiger partial charge on any atom is 0.223 e. The van der Waals surface area contributed by atoms with Crippen molar-refractivity contribution >= 4 is 5.91 Å². The summed E-state index contributed by atoms with van der Waals surface area (Å²) in [6.45, 7) is 7.49. The Morgan fingerprint density at radius 3 is 2.73 bits per heavy atom. The summed E-state index contributed by atoms with van der Waals surface area (Å²) in [4.78, 5) is 17.7. The van der Waals surface area contributed by atoms with Crippen LogP contribution in [0.3, 0.4) is 0 Å². The Balaban J connectivity index is 1.36. The lowest BCUT2D eigenvalue weighted by Gasteiger charge is -2.44. The number of piperazine rings is 1. The van der Waals surface area contributed by atoms with E-state index in [9.17, 15) is 4.79 Å². The predicted octanol–water partition coefficient (Wildman–Crippen LogP) is 2.65. The Hall–Kier alpha value is -1.59. The summed E-state index contributed by atoms with van der Waals surface area (Å²) < 4.78 is 11.2. The summed E-state index contributed by atoms with van der Waals surface area (Å²) in [6, 6.07) is 9.08. The average molecular weight is 358 g/mol. The zero-order valence-corrected chi connectivity index (χ0v) is 15.7. The standard InChI is InChI=1S/C21H30N2O3/c1-16-15-22(18-7-11-25-12-8-18)9-10-23(16)21(24)14-17-6-13-26-20-5-3-2-4-19(17)20/h2-5,16-18H,6-15H2,1H3/t16-,17-/m1/s1. The topological polar surface area (TPSA) is 42.0 Å². The molecule has 0 bridgehead atoms. The van der Waals surface area contributed by atoms with Gasteiger partial charge in [-0.3, -0.25) is 9.69 Å². The molecule has 3 heterocycles. The van der Waals surface area contributed by atoms with Crippen molar-refractivity contribution in [2.45, 2.75) is 50.6 Å². The van der Waals surface area contributed by atoms with Gasteiger partial charge in [0.15, 0.2) is 0 Å². The smallest absolute Gasteiger partial charge is 0.223 e. The third kappa shape index (κ3) is 3.74. The van der Waals surface area contributed by atoms with E-state index in [-0.39, 0.29) is 12.0 Å². The minimum atomic E-state index is 0.285. The Kier molecular flexibility index (Phi) is 5.46. The number of amides is 1. The second kappa shape index (κ2) is 7.97. The molecule has 0 spiro atoms. The molecule has 4 rings (SSSR count). The van der Waals surface area contributed by atoms with E-state index in [0.717, 1.165) is 57.9 Å². The second-order valence-electron chi connectivity index (χ2n) is 7.85. The molecule has 0 saturated carbocycles. The maximum atomic E-state index is 13.0. The van der Waals surface area contributed by atoms with Crippen LogP contribution in [0.1, 0.15) is 44.1 Å². The van der Waals surface area contributed by atoms with Gasteiger partial charge in [-0.1, -0.05) is 18.2 Å². The molecule has 142 valence electrons. The molecule has 2 atom stereocenters. The summed E-state index contributed by atoms with van der Waals surface area (Å²) >= 11 is 0. The van der Waals surface area contributed by atoms with Gasteiger partial charge in [0, 0.05) is 51.4 Å². The fourth-order valence-electron chi connectivity index (χ4n) is 4.69. The third-order valence-electron chi connectivity index (χ3n) is 6.19.